The summed E-state index contributed by atoms with van der Waals surface area (Å²) < 4.78 is 33.8. The van der Waals surface area contributed by atoms with E-state index in [-0.39, 0.29) is 24.6 Å². The van der Waals surface area contributed by atoms with Gasteiger partial charge in [0.05, 0.1) is 37.6 Å². The Balaban J connectivity index is 1.49. The zero-order valence-corrected chi connectivity index (χ0v) is 24.0. The Morgan fingerprint density at radius 2 is 1.37 bits per heavy atom. The number of aromatic carboxylic acids is 1. The van der Waals surface area contributed by atoms with E-state index < -0.39 is 5.97 Å². The van der Waals surface area contributed by atoms with E-state index in [1.165, 1.54) is 44.1 Å². The van der Waals surface area contributed by atoms with Crippen molar-refractivity contribution in [1.82, 2.24) is 0 Å². The lowest BCUT2D eigenvalue weighted by molar-refractivity contribution is -0.0200. The molecule has 0 aromatic heterocycles. The molecular formula is C33H40O8. The molecule has 1 N–H and O–H groups in total. The quantitative estimate of drug-likeness (QED) is 0.189. The Labute approximate surface area is 242 Å². The number of ether oxygens (including phenoxy) is 6. The van der Waals surface area contributed by atoms with E-state index in [0.717, 1.165) is 34.6 Å². The maximum absolute atomic E-state index is 11.3. The standard InChI is InChI=1S/C33H40O8/c1-36-9-11-38-21-40-30-17-31(41-22-39-12-10-37-2)29(33-18-24-13-25(19-33)15-26(14-24)20-33)16-28(30)8-5-23-3-6-27(7-4-23)32(34)35/h3-4,6-7,16-17,24-26H,9-15,18-22H2,1-2H3,(H,34,35). The van der Waals surface area contributed by atoms with Crippen molar-refractivity contribution >= 4 is 5.97 Å². The highest BCUT2D eigenvalue weighted by atomic mass is 16.7. The van der Waals surface area contributed by atoms with Crippen molar-refractivity contribution in [2.75, 3.05) is 54.2 Å². The second-order valence-electron chi connectivity index (χ2n) is 11.5. The van der Waals surface area contributed by atoms with Gasteiger partial charge in [-0.1, -0.05) is 11.8 Å². The first kappa shape index (κ1) is 29.4. The molecule has 0 heterocycles. The van der Waals surface area contributed by atoms with Crippen LogP contribution in [0.15, 0.2) is 36.4 Å². The summed E-state index contributed by atoms with van der Waals surface area (Å²) in [6.45, 7) is 2.00. The third kappa shape index (κ3) is 7.22. The Kier molecular flexibility index (Phi) is 9.84. The predicted molar refractivity (Wildman–Crippen MR) is 152 cm³/mol. The molecule has 220 valence electrons. The van der Waals surface area contributed by atoms with Crippen molar-refractivity contribution in [1.29, 1.82) is 0 Å². The smallest absolute Gasteiger partial charge is 0.335 e. The van der Waals surface area contributed by atoms with E-state index in [1.54, 1.807) is 38.5 Å². The van der Waals surface area contributed by atoms with Crippen LogP contribution in [0.2, 0.25) is 0 Å². The van der Waals surface area contributed by atoms with Crippen molar-refractivity contribution in [3.05, 3.63) is 58.7 Å². The lowest BCUT2D eigenvalue weighted by Crippen LogP contribution is -2.48. The highest BCUT2D eigenvalue weighted by molar-refractivity contribution is 5.87. The minimum absolute atomic E-state index is 0.0475. The van der Waals surface area contributed by atoms with Gasteiger partial charge in [-0.2, -0.15) is 0 Å². The molecule has 0 amide bonds. The Morgan fingerprint density at radius 1 is 0.805 bits per heavy atom. The molecule has 0 radical (unpaired) electrons. The zero-order chi connectivity index (χ0) is 28.7. The summed E-state index contributed by atoms with van der Waals surface area (Å²) in [7, 11) is 3.27. The van der Waals surface area contributed by atoms with Gasteiger partial charge >= 0.3 is 5.97 Å². The van der Waals surface area contributed by atoms with Gasteiger partial charge < -0.3 is 33.5 Å². The van der Waals surface area contributed by atoms with E-state index in [1.807, 2.05) is 6.07 Å². The summed E-state index contributed by atoms with van der Waals surface area (Å²) in [4.78, 5) is 11.3. The third-order valence-electron chi connectivity index (χ3n) is 8.62. The lowest BCUT2D eigenvalue weighted by atomic mass is 9.48. The largest absolute Gasteiger partial charge is 0.478 e. The second kappa shape index (κ2) is 13.7. The van der Waals surface area contributed by atoms with Crippen molar-refractivity contribution in [2.24, 2.45) is 17.8 Å². The van der Waals surface area contributed by atoms with Crippen molar-refractivity contribution < 1.29 is 38.3 Å². The molecule has 4 aliphatic rings. The SMILES string of the molecule is COCCOCOc1cc(OCOCCOC)c(C23CC4CC(CC(C4)C2)C3)cc1C#Cc1ccc(C(=O)O)cc1. The minimum Gasteiger partial charge on any atom is -0.478 e. The molecule has 0 saturated heterocycles. The molecule has 2 aromatic carbocycles. The van der Waals surface area contributed by atoms with Crippen molar-refractivity contribution in [3.8, 4) is 23.3 Å². The molecule has 0 atom stereocenters. The van der Waals surface area contributed by atoms with Gasteiger partial charge in [0.15, 0.2) is 13.6 Å². The summed E-state index contributed by atoms with van der Waals surface area (Å²) in [6, 6.07) is 10.7. The normalized spacial score (nSPS) is 24.1. The fourth-order valence-electron chi connectivity index (χ4n) is 7.20. The first-order valence-electron chi connectivity index (χ1n) is 14.4. The van der Waals surface area contributed by atoms with Crippen LogP contribution in [0.25, 0.3) is 0 Å². The van der Waals surface area contributed by atoms with Crippen molar-refractivity contribution in [2.45, 2.75) is 43.9 Å². The molecule has 8 nitrogen and oxygen atoms in total. The first-order valence-corrected chi connectivity index (χ1v) is 14.4. The number of carboxylic acids is 1. The van der Waals surface area contributed by atoms with Crippen LogP contribution in [-0.4, -0.2) is 65.3 Å². The van der Waals surface area contributed by atoms with Crippen LogP contribution < -0.4 is 9.47 Å². The van der Waals surface area contributed by atoms with Gasteiger partial charge in [-0.15, -0.1) is 0 Å². The molecule has 0 unspecified atom stereocenters. The Morgan fingerprint density at radius 3 is 1.90 bits per heavy atom. The monoisotopic (exact) mass is 564 g/mol. The molecular weight excluding hydrogens is 524 g/mol. The van der Waals surface area contributed by atoms with Crippen LogP contribution in [0.4, 0.5) is 0 Å². The molecule has 41 heavy (non-hydrogen) atoms. The molecule has 0 aliphatic heterocycles. The summed E-state index contributed by atoms with van der Waals surface area (Å²) in [5.41, 5.74) is 2.95. The number of hydrogen-bond donors (Lipinski definition) is 1. The summed E-state index contributed by atoms with van der Waals surface area (Å²) in [5.74, 6) is 9.18. The van der Waals surface area contributed by atoms with E-state index in [9.17, 15) is 9.90 Å². The fraction of sp³-hybridized carbons (Fsp3) is 0.545. The molecule has 2 aromatic rings. The Bertz CT molecular complexity index is 1210. The van der Waals surface area contributed by atoms with Crippen LogP contribution in [0.1, 0.15) is 65.6 Å². The third-order valence-corrected chi connectivity index (χ3v) is 8.62. The maximum Gasteiger partial charge on any atom is 0.335 e. The second-order valence-corrected chi connectivity index (χ2v) is 11.5. The molecule has 4 fully saturated rings. The molecule has 4 aliphatic carbocycles. The van der Waals surface area contributed by atoms with E-state index in [2.05, 4.69) is 17.9 Å². The fourth-order valence-corrected chi connectivity index (χ4v) is 7.20. The number of carboxylic acid groups (broad SMARTS) is 1. The highest BCUT2D eigenvalue weighted by Crippen LogP contribution is 2.62. The number of benzene rings is 2. The summed E-state index contributed by atoms with van der Waals surface area (Å²) in [5, 5.41) is 9.23. The number of hydrogen-bond acceptors (Lipinski definition) is 7. The van der Waals surface area contributed by atoms with E-state index >= 15 is 0 Å². The number of rotatable bonds is 14. The lowest BCUT2D eigenvalue weighted by Gasteiger charge is -2.57. The van der Waals surface area contributed by atoms with Gasteiger partial charge in [-0.3, -0.25) is 0 Å². The highest BCUT2D eigenvalue weighted by Gasteiger charge is 2.52. The van der Waals surface area contributed by atoms with Crippen molar-refractivity contribution in [3.63, 3.8) is 0 Å². The topological polar surface area (TPSA) is 92.7 Å². The first-order chi connectivity index (χ1) is 20.0. The average Bonchev–Trinajstić information content (AvgIpc) is 2.95. The van der Waals surface area contributed by atoms with E-state index in [4.69, 9.17) is 28.4 Å². The predicted octanol–water partition coefficient (Wildman–Crippen LogP) is 5.25. The van der Waals surface area contributed by atoms with Crippen LogP contribution in [0.5, 0.6) is 11.5 Å². The van der Waals surface area contributed by atoms with Gasteiger partial charge in [0, 0.05) is 31.4 Å². The molecule has 6 rings (SSSR count). The summed E-state index contributed by atoms with van der Waals surface area (Å²) >= 11 is 0. The van der Waals surface area contributed by atoms with E-state index in [0.29, 0.717) is 32.2 Å². The molecule has 0 spiro atoms. The average molecular weight is 565 g/mol. The summed E-state index contributed by atoms with van der Waals surface area (Å²) in [6.07, 6.45) is 7.54. The van der Waals surface area contributed by atoms with Gasteiger partial charge in [0.25, 0.3) is 0 Å². The van der Waals surface area contributed by atoms with Gasteiger partial charge in [-0.25, -0.2) is 4.79 Å². The number of methoxy groups -OCH3 is 2. The molecule has 8 heteroatoms. The van der Waals surface area contributed by atoms with Gasteiger partial charge in [0.1, 0.15) is 11.5 Å². The zero-order valence-electron chi connectivity index (χ0n) is 24.0. The number of carbonyl (C=O) groups is 1. The maximum atomic E-state index is 11.3. The van der Waals surface area contributed by atoms with Crippen LogP contribution >= 0.6 is 0 Å². The molecule has 4 saturated carbocycles. The van der Waals surface area contributed by atoms with Crippen LogP contribution in [0, 0.1) is 29.6 Å². The molecule has 4 bridgehead atoms. The Hall–Kier alpha value is -3.09. The van der Waals surface area contributed by atoms with Gasteiger partial charge in [0.2, 0.25) is 0 Å². The van der Waals surface area contributed by atoms with Crippen LogP contribution in [0.3, 0.4) is 0 Å². The van der Waals surface area contributed by atoms with Crippen LogP contribution in [-0.2, 0) is 24.4 Å². The minimum atomic E-state index is -0.962. The van der Waals surface area contributed by atoms with Gasteiger partial charge in [-0.05, 0) is 92.0 Å².